The van der Waals surface area contributed by atoms with Gasteiger partial charge in [-0.2, -0.15) is 4.89 Å². The minimum absolute atomic E-state index is 0.460. The van der Waals surface area contributed by atoms with Gasteiger partial charge in [0.05, 0.1) is 5.41 Å². The van der Waals surface area contributed by atoms with Gasteiger partial charge in [-0.05, 0) is 45.6 Å². The molecule has 5 heteroatoms. The van der Waals surface area contributed by atoms with Crippen molar-refractivity contribution in [1.82, 2.24) is 0 Å². The zero-order chi connectivity index (χ0) is 14.9. The fourth-order valence-corrected chi connectivity index (χ4v) is 1.63. The predicted octanol–water partition coefficient (Wildman–Crippen LogP) is 4.12. The average molecular weight is 276 g/mol. The molecular weight excluding hydrogens is 248 g/mol. The Morgan fingerprint density at radius 2 is 1.58 bits per heavy atom. The van der Waals surface area contributed by atoms with E-state index < -0.39 is 17.0 Å². The van der Waals surface area contributed by atoms with Gasteiger partial charge >= 0.3 is 5.97 Å². The van der Waals surface area contributed by atoms with Crippen LogP contribution in [0, 0.1) is 5.41 Å². The summed E-state index contributed by atoms with van der Waals surface area (Å²) in [7, 11) is 0. The first kappa shape index (κ1) is 18.4. The van der Waals surface area contributed by atoms with Crippen molar-refractivity contribution in [2.45, 2.75) is 79.2 Å². The van der Waals surface area contributed by atoms with Crippen LogP contribution in [0.3, 0.4) is 0 Å². The molecule has 0 aromatic carbocycles. The Labute approximate surface area is 116 Å². The highest BCUT2D eigenvalue weighted by Gasteiger charge is 2.30. The normalized spacial score (nSPS) is 12.5. The minimum Gasteiger partial charge on any atom is -0.266 e. The van der Waals surface area contributed by atoms with Crippen molar-refractivity contribution in [2.24, 2.45) is 5.41 Å². The first-order chi connectivity index (χ1) is 8.75. The molecule has 0 heterocycles. The maximum atomic E-state index is 11.7. The van der Waals surface area contributed by atoms with E-state index in [0.717, 1.165) is 32.1 Å². The van der Waals surface area contributed by atoms with Gasteiger partial charge in [0.1, 0.15) is 5.60 Å². The van der Waals surface area contributed by atoms with Crippen LogP contribution in [0.2, 0.25) is 0 Å². The van der Waals surface area contributed by atoms with Gasteiger partial charge < -0.3 is 0 Å². The van der Waals surface area contributed by atoms with Crippen LogP contribution in [0.4, 0.5) is 0 Å². The smallest absolute Gasteiger partial charge is 0.266 e. The van der Waals surface area contributed by atoms with E-state index in [2.05, 4.69) is 21.9 Å². The Balaban J connectivity index is 3.91. The SMILES string of the molecule is CCCCC(C)(C)C(=O)OOOOC(C)(C)CCC. The molecule has 19 heavy (non-hydrogen) atoms. The molecule has 0 aliphatic carbocycles. The lowest BCUT2D eigenvalue weighted by Gasteiger charge is -2.22. The van der Waals surface area contributed by atoms with Gasteiger partial charge in [0.15, 0.2) is 0 Å². The summed E-state index contributed by atoms with van der Waals surface area (Å²) in [5.41, 5.74) is -1.06. The Morgan fingerprint density at radius 1 is 0.947 bits per heavy atom. The lowest BCUT2D eigenvalue weighted by Crippen LogP contribution is -2.28. The van der Waals surface area contributed by atoms with Crippen LogP contribution in [0.1, 0.15) is 73.6 Å². The monoisotopic (exact) mass is 276 g/mol. The van der Waals surface area contributed by atoms with Crippen LogP contribution in [-0.2, 0) is 24.6 Å². The van der Waals surface area contributed by atoms with E-state index in [1.165, 1.54) is 0 Å². The standard InChI is InChI=1S/C14H28O5/c1-7-9-11-13(3,4)12(15)16-18-19-17-14(5,6)10-8-2/h7-11H2,1-6H3. The second-order valence-electron chi connectivity index (χ2n) is 6.09. The third-order valence-electron chi connectivity index (χ3n) is 2.96. The summed E-state index contributed by atoms with van der Waals surface area (Å²) in [5, 5.41) is 8.85. The molecular formula is C14H28O5. The van der Waals surface area contributed by atoms with Gasteiger partial charge in [0.25, 0.3) is 0 Å². The van der Waals surface area contributed by atoms with E-state index in [1.54, 1.807) is 0 Å². The lowest BCUT2D eigenvalue weighted by molar-refractivity contribution is -0.635. The summed E-state index contributed by atoms with van der Waals surface area (Å²) in [4.78, 5) is 21.3. The molecule has 0 spiro atoms. The van der Waals surface area contributed by atoms with Crippen LogP contribution in [0.5, 0.6) is 0 Å². The molecule has 114 valence electrons. The molecule has 0 atom stereocenters. The quantitative estimate of drug-likeness (QED) is 0.341. The minimum atomic E-state index is -0.585. The molecule has 0 saturated carbocycles. The van der Waals surface area contributed by atoms with E-state index in [9.17, 15) is 4.79 Å². The third kappa shape index (κ3) is 8.18. The number of unbranched alkanes of at least 4 members (excludes halogenated alkanes) is 1. The van der Waals surface area contributed by atoms with Crippen molar-refractivity contribution in [2.75, 3.05) is 0 Å². The fourth-order valence-electron chi connectivity index (χ4n) is 1.63. The average Bonchev–Trinajstić information content (AvgIpc) is 2.31. The number of rotatable bonds is 10. The van der Waals surface area contributed by atoms with Crippen molar-refractivity contribution in [3.05, 3.63) is 0 Å². The molecule has 0 radical (unpaired) electrons. The Hall–Kier alpha value is -0.650. The van der Waals surface area contributed by atoms with Gasteiger partial charge in [-0.3, -0.25) is 4.89 Å². The van der Waals surface area contributed by atoms with Crippen LogP contribution in [0.25, 0.3) is 0 Å². The number of hydrogen-bond acceptors (Lipinski definition) is 5. The molecule has 5 nitrogen and oxygen atoms in total. The van der Waals surface area contributed by atoms with E-state index in [-0.39, 0.29) is 0 Å². The Morgan fingerprint density at radius 3 is 2.11 bits per heavy atom. The highest BCUT2D eigenvalue weighted by atomic mass is 17.7. The largest absolute Gasteiger partial charge is 0.351 e. The van der Waals surface area contributed by atoms with Crippen molar-refractivity contribution in [3.8, 4) is 0 Å². The molecule has 0 bridgehead atoms. The van der Waals surface area contributed by atoms with Crippen molar-refractivity contribution >= 4 is 5.97 Å². The fraction of sp³-hybridized carbons (Fsp3) is 0.929. The van der Waals surface area contributed by atoms with E-state index in [4.69, 9.17) is 4.89 Å². The zero-order valence-electron chi connectivity index (χ0n) is 13.1. The molecule has 0 aromatic rings. The maximum absolute atomic E-state index is 11.7. The Kier molecular flexibility index (Phi) is 8.22. The molecule has 0 unspecified atom stereocenters. The number of carbonyl (C=O) groups is 1. The van der Waals surface area contributed by atoms with Crippen LogP contribution in [-0.4, -0.2) is 11.6 Å². The molecule has 0 aliphatic heterocycles. The predicted molar refractivity (Wildman–Crippen MR) is 71.6 cm³/mol. The molecule has 0 amide bonds. The van der Waals surface area contributed by atoms with E-state index in [0.29, 0.717) is 0 Å². The summed E-state index contributed by atoms with van der Waals surface area (Å²) in [5.74, 6) is -0.460. The van der Waals surface area contributed by atoms with Crippen LogP contribution in [0.15, 0.2) is 0 Å². The topological polar surface area (TPSA) is 54.0 Å². The van der Waals surface area contributed by atoms with Crippen LogP contribution >= 0.6 is 0 Å². The molecule has 0 aromatic heterocycles. The summed E-state index contributed by atoms with van der Waals surface area (Å²) in [6, 6.07) is 0. The summed E-state index contributed by atoms with van der Waals surface area (Å²) < 4.78 is 0. The summed E-state index contributed by atoms with van der Waals surface area (Å²) in [6.45, 7) is 11.5. The molecule has 0 aliphatic rings. The van der Waals surface area contributed by atoms with Crippen molar-refractivity contribution in [1.29, 1.82) is 0 Å². The first-order valence-corrected chi connectivity index (χ1v) is 6.98. The van der Waals surface area contributed by atoms with Gasteiger partial charge in [0, 0.05) is 5.04 Å². The second-order valence-corrected chi connectivity index (χ2v) is 6.09. The van der Waals surface area contributed by atoms with E-state index in [1.807, 2.05) is 34.6 Å². The highest BCUT2D eigenvalue weighted by molar-refractivity contribution is 5.75. The number of hydrogen-bond donors (Lipinski definition) is 0. The Bertz CT molecular complexity index is 261. The van der Waals surface area contributed by atoms with Crippen molar-refractivity contribution < 1.29 is 24.6 Å². The van der Waals surface area contributed by atoms with Gasteiger partial charge in [-0.1, -0.05) is 33.1 Å². The highest BCUT2D eigenvalue weighted by Crippen LogP contribution is 2.25. The number of carbonyl (C=O) groups excluding carboxylic acids is 1. The maximum Gasteiger partial charge on any atom is 0.351 e. The van der Waals surface area contributed by atoms with Gasteiger partial charge in [-0.15, -0.1) is 0 Å². The third-order valence-corrected chi connectivity index (χ3v) is 2.96. The lowest BCUT2D eigenvalue weighted by atomic mass is 9.87. The summed E-state index contributed by atoms with van der Waals surface area (Å²) in [6.07, 6.45) is 4.51. The van der Waals surface area contributed by atoms with Crippen molar-refractivity contribution in [3.63, 3.8) is 0 Å². The van der Waals surface area contributed by atoms with Gasteiger partial charge in [0.2, 0.25) is 0 Å². The molecule has 0 rings (SSSR count). The summed E-state index contributed by atoms with van der Waals surface area (Å²) >= 11 is 0. The molecule has 0 fully saturated rings. The molecule has 0 N–H and O–H groups in total. The second kappa shape index (κ2) is 8.51. The molecule has 0 saturated heterocycles. The van der Waals surface area contributed by atoms with E-state index >= 15 is 0 Å². The zero-order valence-corrected chi connectivity index (χ0v) is 13.1. The van der Waals surface area contributed by atoms with Gasteiger partial charge in [-0.25, -0.2) is 4.79 Å². The van der Waals surface area contributed by atoms with Crippen LogP contribution < -0.4 is 0 Å². The first-order valence-electron chi connectivity index (χ1n) is 6.98.